The van der Waals surface area contributed by atoms with E-state index < -0.39 is 0 Å². The summed E-state index contributed by atoms with van der Waals surface area (Å²) < 4.78 is 1.85. The van der Waals surface area contributed by atoms with Crippen LogP contribution in [0.5, 0.6) is 0 Å². The van der Waals surface area contributed by atoms with E-state index in [9.17, 15) is 0 Å². The number of aromatic nitrogens is 1. The van der Waals surface area contributed by atoms with E-state index in [0.717, 1.165) is 0 Å². The van der Waals surface area contributed by atoms with Crippen LogP contribution in [0.3, 0.4) is 0 Å². The number of hydrogen-bond acceptors (Lipinski definition) is 1. The van der Waals surface area contributed by atoms with Crippen LogP contribution >= 0.6 is 0 Å². The molecule has 52 valence electrons. The van der Waals surface area contributed by atoms with E-state index in [1.165, 1.54) is 0 Å². The first-order chi connectivity index (χ1) is 4.33. The van der Waals surface area contributed by atoms with Gasteiger partial charge in [0.15, 0.2) is 12.4 Å². The van der Waals surface area contributed by atoms with Gasteiger partial charge in [0.2, 0.25) is 0 Å². The molecule has 0 aliphatic heterocycles. The fourth-order valence-corrected chi connectivity index (χ4v) is 0.654. The van der Waals surface area contributed by atoms with Crippen molar-refractivity contribution in [1.82, 2.24) is 0 Å². The fourth-order valence-electron chi connectivity index (χ4n) is 0.654. The summed E-state index contributed by atoms with van der Waals surface area (Å²) in [5.41, 5.74) is 0.694. The van der Waals surface area contributed by atoms with Gasteiger partial charge in [0.25, 0.3) is 0 Å². The van der Waals surface area contributed by atoms with Gasteiger partial charge in [0.1, 0.15) is 18.7 Å². The molecule has 0 atom stereocenters. The molecule has 10 heavy (non-hydrogen) atoms. The summed E-state index contributed by atoms with van der Waals surface area (Å²) in [5, 5.41) is 8.40. The Labute approximate surface area is 70.5 Å². The molecule has 0 saturated heterocycles. The summed E-state index contributed by atoms with van der Waals surface area (Å²) in [4.78, 5) is 0. The average molecular weight is 199 g/mol. The molecule has 0 amide bonds. The van der Waals surface area contributed by atoms with Crippen molar-refractivity contribution in [3.63, 3.8) is 0 Å². The van der Waals surface area contributed by atoms with Crippen molar-refractivity contribution in [2.24, 2.45) is 7.05 Å². The summed E-state index contributed by atoms with van der Waals surface area (Å²) in [7, 11) is 1.89. The van der Waals surface area contributed by atoms with Crippen LogP contribution in [0.4, 0.5) is 0 Å². The molecule has 1 heterocycles. The molecule has 3 heteroatoms. The second-order valence-corrected chi connectivity index (χ2v) is 1.87. The number of rotatable bonds is 0. The largest absolute Gasteiger partial charge is 1.00 e. The van der Waals surface area contributed by atoms with Crippen LogP contribution in [-0.2, 0) is 7.05 Å². The smallest absolute Gasteiger partial charge is 0.186 e. The lowest BCUT2D eigenvalue weighted by atomic mass is 10.3. The highest BCUT2D eigenvalue weighted by Gasteiger charge is 1.92. The summed E-state index contributed by atoms with van der Waals surface area (Å²) in [6.45, 7) is 0. The van der Waals surface area contributed by atoms with E-state index >= 15 is 0 Å². The zero-order valence-electron chi connectivity index (χ0n) is 5.58. The molecule has 2 nitrogen and oxygen atoms in total. The molecule has 0 N–H and O–H groups in total. The summed E-state index contributed by atoms with van der Waals surface area (Å²) in [5.74, 6) is 0. The first kappa shape index (κ1) is 9.12. The molecule has 1 rings (SSSR count). The molecule has 0 spiro atoms. The van der Waals surface area contributed by atoms with E-state index in [1.807, 2.05) is 29.9 Å². The van der Waals surface area contributed by atoms with Crippen LogP contribution in [-0.4, -0.2) is 0 Å². The number of aryl methyl sites for hydroxylation is 1. The van der Waals surface area contributed by atoms with E-state index in [4.69, 9.17) is 5.26 Å². The SMILES string of the molecule is C[n+]1cccc(C#N)c1.[Br-]. The average Bonchev–Trinajstić information content (AvgIpc) is 1.88. The standard InChI is InChI=1S/C7H7N2.BrH/c1-9-4-2-3-7(5-8)6-9;/h2-4,6H,1H3;1H/q+1;/p-1. The zero-order valence-corrected chi connectivity index (χ0v) is 7.17. The molecule has 0 bridgehead atoms. The Morgan fingerprint density at radius 3 is 2.70 bits per heavy atom. The van der Waals surface area contributed by atoms with Crippen molar-refractivity contribution >= 4 is 0 Å². The maximum atomic E-state index is 8.40. The van der Waals surface area contributed by atoms with Gasteiger partial charge in [-0.25, -0.2) is 4.57 Å². The Hall–Kier alpha value is -0.880. The van der Waals surface area contributed by atoms with Gasteiger partial charge in [0, 0.05) is 6.07 Å². The van der Waals surface area contributed by atoms with Crippen LogP contribution < -0.4 is 21.5 Å². The molecule has 0 aliphatic carbocycles. The molecule has 0 aromatic carbocycles. The highest BCUT2D eigenvalue weighted by Crippen LogP contribution is 1.87. The second-order valence-electron chi connectivity index (χ2n) is 1.87. The molecule has 0 aliphatic rings. The van der Waals surface area contributed by atoms with Crippen LogP contribution in [0.1, 0.15) is 5.56 Å². The van der Waals surface area contributed by atoms with E-state index in [-0.39, 0.29) is 17.0 Å². The number of pyridine rings is 1. The van der Waals surface area contributed by atoms with Gasteiger partial charge >= 0.3 is 0 Å². The lowest BCUT2D eigenvalue weighted by molar-refractivity contribution is -0.671. The molecule has 0 unspecified atom stereocenters. The van der Waals surface area contributed by atoms with Crippen LogP contribution in [0, 0.1) is 11.3 Å². The first-order valence-corrected chi connectivity index (χ1v) is 2.68. The summed E-state index contributed by atoms with van der Waals surface area (Å²) in [6, 6.07) is 5.67. The fraction of sp³-hybridized carbons (Fsp3) is 0.143. The lowest BCUT2D eigenvalue weighted by Crippen LogP contribution is -3.00. The Kier molecular flexibility index (Phi) is 3.67. The lowest BCUT2D eigenvalue weighted by Gasteiger charge is -1.83. The predicted molar refractivity (Wildman–Crippen MR) is 32.3 cm³/mol. The first-order valence-electron chi connectivity index (χ1n) is 2.68. The molecule has 1 aromatic rings. The van der Waals surface area contributed by atoms with E-state index in [2.05, 4.69) is 0 Å². The van der Waals surface area contributed by atoms with Crippen molar-refractivity contribution in [3.8, 4) is 6.07 Å². The van der Waals surface area contributed by atoms with E-state index in [0.29, 0.717) is 5.56 Å². The van der Waals surface area contributed by atoms with Gasteiger partial charge in [-0.1, -0.05) is 0 Å². The second kappa shape index (κ2) is 4.02. The maximum absolute atomic E-state index is 8.40. The van der Waals surface area contributed by atoms with Crippen LogP contribution in [0.15, 0.2) is 24.5 Å². The van der Waals surface area contributed by atoms with Crippen molar-refractivity contribution in [2.75, 3.05) is 0 Å². The Balaban J connectivity index is 0.000000810. The van der Waals surface area contributed by atoms with Crippen molar-refractivity contribution in [3.05, 3.63) is 30.1 Å². The number of hydrogen-bond donors (Lipinski definition) is 0. The van der Waals surface area contributed by atoms with Gasteiger partial charge in [-0.05, 0) is 6.07 Å². The molecular formula is C7H7BrN2. The Bertz CT molecular complexity index is 252. The minimum atomic E-state index is 0. The molecular weight excluding hydrogens is 192 g/mol. The highest BCUT2D eigenvalue weighted by atomic mass is 79.9. The molecule has 0 radical (unpaired) electrons. The van der Waals surface area contributed by atoms with Gasteiger partial charge in [-0.3, -0.25) is 0 Å². The number of halogens is 1. The van der Waals surface area contributed by atoms with Crippen molar-refractivity contribution in [2.45, 2.75) is 0 Å². The monoisotopic (exact) mass is 198 g/mol. The zero-order chi connectivity index (χ0) is 6.69. The minimum absolute atomic E-state index is 0. The Morgan fingerprint density at radius 1 is 1.60 bits per heavy atom. The van der Waals surface area contributed by atoms with Crippen molar-refractivity contribution < 1.29 is 21.5 Å². The minimum Gasteiger partial charge on any atom is -1.00 e. The topological polar surface area (TPSA) is 27.7 Å². The van der Waals surface area contributed by atoms with Gasteiger partial charge in [0.05, 0.1) is 0 Å². The predicted octanol–water partition coefficient (Wildman–Crippen LogP) is -2.61. The number of nitrogens with zero attached hydrogens (tertiary/aromatic N) is 2. The number of nitriles is 1. The molecule has 0 saturated carbocycles. The normalized spacial score (nSPS) is 7.60. The Morgan fingerprint density at radius 2 is 2.30 bits per heavy atom. The van der Waals surface area contributed by atoms with Crippen LogP contribution in [0.2, 0.25) is 0 Å². The van der Waals surface area contributed by atoms with E-state index in [1.54, 1.807) is 12.3 Å². The summed E-state index contributed by atoms with van der Waals surface area (Å²) >= 11 is 0. The third-order valence-corrected chi connectivity index (χ3v) is 1.07. The quantitative estimate of drug-likeness (QED) is 0.420. The van der Waals surface area contributed by atoms with Gasteiger partial charge < -0.3 is 17.0 Å². The highest BCUT2D eigenvalue weighted by molar-refractivity contribution is 5.21. The van der Waals surface area contributed by atoms with Gasteiger partial charge in [-0.2, -0.15) is 5.26 Å². The molecule has 1 aromatic heterocycles. The maximum Gasteiger partial charge on any atom is 0.186 e. The van der Waals surface area contributed by atoms with Crippen LogP contribution in [0.25, 0.3) is 0 Å². The third kappa shape index (κ3) is 2.16. The molecule has 0 fully saturated rings. The van der Waals surface area contributed by atoms with Crippen molar-refractivity contribution in [1.29, 1.82) is 5.26 Å². The van der Waals surface area contributed by atoms with Gasteiger partial charge in [-0.15, -0.1) is 0 Å². The third-order valence-electron chi connectivity index (χ3n) is 1.07. The summed E-state index contributed by atoms with van der Waals surface area (Å²) in [6.07, 6.45) is 3.67.